The summed E-state index contributed by atoms with van der Waals surface area (Å²) in [7, 11) is 0. The Labute approximate surface area is 150 Å². The quantitative estimate of drug-likeness (QED) is 0.892. The van der Waals surface area contributed by atoms with Crippen molar-refractivity contribution in [3.05, 3.63) is 65.1 Å². The maximum Gasteiger partial charge on any atom is 0.294 e. The summed E-state index contributed by atoms with van der Waals surface area (Å²) < 4.78 is 19.4. The molecule has 1 amide bonds. The molecule has 6 heteroatoms. The van der Waals surface area contributed by atoms with Crippen molar-refractivity contribution in [3.63, 3.8) is 0 Å². The normalized spacial score (nSPS) is 18.0. The number of halogens is 1. The predicted octanol–water partition coefficient (Wildman–Crippen LogP) is 4.24. The van der Waals surface area contributed by atoms with Gasteiger partial charge in [0.15, 0.2) is 11.5 Å². The number of hydrogen-bond donors (Lipinski definition) is 1. The molecular weight excluding hydrogens is 337 g/mol. The van der Waals surface area contributed by atoms with Gasteiger partial charge in [-0.05, 0) is 37.3 Å². The van der Waals surface area contributed by atoms with Gasteiger partial charge in [0.2, 0.25) is 0 Å². The first-order valence-electron chi connectivity index (χ1n) is 8.24. The van der Waals surface area contributed by atoms with Crippen LogP contribution in [0.15, 0.2) is 52.1 Å². The number of carbonyl (C=O) groups is 2. The molecule has 0 spiro atoms. The molecule has 1 unspecified atom stereocenters. The minimum Gasteiger partial charge on any atom is -0.503 e. The number of ketones is 1. The molecule has 1 aliphatic heterocycles. The van der Waals surface area contributed by atoms with Crippen molar-refractivity contribution in [2.45, 2.75) is 33.7 Å². The fourth-order valence-corrected chi connectivity index (χ4v) is 3.00. The molecule has 1 atom stereocenters. The van der Waals surface area contributed by atoms with E-state index >= 15 is 0 Å². The summed E-state index contributed by atoms with van der Waals surface area (Å²) >= 11 is 0. The lowest BCUT2D eigenvalue weighted by Crippen LogP contribution is -2.32. The molecule has 3 rings (SSSR count). The van der Waals surface area contributed by atoms with Gasteiger partial charge >= 0.3 is 0 Å². The lowest BCUT2D eigenvalue weighted by molar-refractivity contribution is -0.123. The largest absolute Gasteiger partial charge is 0.503 e. The molecule has 0 fully saturated rings. The second-order valence-electron chi connectivity index (χ2n) is 7.35. The third kappa shape index (κ3) is 2.92. The van der Waals surface area contributed by atoms with Crippen molar-refractivity contribution >= 4 is 17.4 Å². The lowest BCUT2D eigenvalue weighted by atomic mass is 9.83. The number of anilines is 1. The van der Waals surface area contributed by atoms with Crippen molar-refractivity contribution in [1.82, 2.24) is 0 Å². The van der Waals surface area contributed by atoms with E-state index in [4.69, 9.17) is 4.42 Å². The first-order valence-corrected chi connectivity index (χ1v) is 8.24. The number of aliphatic hydroxyl groups is 1. The zero-order valence-electron chi connectivity index (χ0n) is 15.0. The number of benzene rings is 1. The highest BCUT2D eigenvalue weighted by molar-refractivity contribution is 6.17. The summed E-state index contributed by atoms with van der Waals surface area (Å²) in [6.45, 7) is 6.85. The van der Waals surface area contributed by atoms with E-state index in [9.17, 15) is 19.1 Å². The second kappa shape index (κ2) is 6.12. The average Bonchev–Trinajstić information content (AvgIpc) is 3.08. The number of aliphatic hydroxyl groups excluding tert-OH is 1. The molecule has 0 aliphatic carbocycles. The molecule has 1 N–H and O–H groups in total. The molecule has 1 aromatic heterocycles. The van der Waals surface area contributed by atoms with Gasteiger partial charge in [-0.15, -0.1) is 0 Å². The lowest BCUT2D eigenvalue weighted by Gasteiger charge is -2.27. The van der Waals surface area contributed by atoms with Gasteiger partial charge in [-0.1, -0.05) is 26.8 Å². The standard InChI is InChI=1S/C20H20FNO4/c1-11-8-9-14(26-11)16-15(18(24)20(2,3)4)17(23)19(25)22(16)13-7-5-6-12(21)10-13/h5-10,16,23H,1-4H3. The van der Waals surface area contributed by atoms with Gasteiger partial charge in [0.1, 0.15) is 23.4 Å². The van der Waals surface area contributed by atoms with Crippen molar-refractivity contribution in [2.75, 3.05) is 4.90 Å². The summed E-state index contributed by atoms with van der Waals surface area (Å²) in [5, 5.41) is 10.5. The Bertz CT molecular complexity index is 920. The Kier molecular flexibility index (Phi) is 4.22. The molecule has 0 bridgehead atoms. The van der Waals surface area contributed by atoms with Crippen LogP contribution >= 0.6 is 0 Å². The highest BCUT2D eigenvalue weighted by Gasteiger charge is 2.48. The van der Waals surface area contributed by atoms with Crippen LogP contribution in [0.5, 0.6) is 0 Å². The molecule has 2 aromatic rings. The van der Waals surface area contributed by atoms with Crippen LogP contribution in [0.1, 0.15) is 38.3 Å². The van der Waals surface area contributed by atoms with E-state index in [2.05, 4.69) is 0 Å². The van der Waals surface area contributed by atoms with Crippen LogP contribution in [0, 0.1) is 18.2 Å². The third-order valence-corrected chi connectivity index (χ3v) is 4.25. The molecule has 26 heavy (non-hydrogen) atoms. The van der Waals surface area contributed by atoms with E-state index in [0.717, 1.165) is 0 Å². The fraction of sp³-hybridized carbons (Fsp3) is 0.300. The number of Topliss-reactive ketones (excluding diaryl/α,β-unsaturated/α-hetero) is 1. The van der Waals surface area contributed by atoms with Gasteiger partial charge in [0.05, 0.1) is 5.57 Å². The Hall–Kier alpha value is -2.89. The fourth-order valence-electron chi connectivity index (χ4n) is 3.00. The van der Waals surface area contributed by atoms with Crippen molar-refractivity contribution in [2.24, 2.45) is 5.41 Å². The van der Waals surface area contributed by atoms with Crippen molar-refractivity contribution < 1.29 is 23.5 Å². The molecule has 1 aliphatic rings. The van der Waals surface area contributed by atoms with Gasteiger partial charge in [0, 0.05) is 11.1 Å². The maximum atomic E-state index is 13.7. The predicted molar refractivity (Wildman–Crippen MR) is 94.2 cm³/mol. The minimum absolute atomic E-state index is 0.0406. The van der Waals surface area contributed by atoms with Crippen LogP contribution < -0.4 is 4.90 Å². The van der Waals surface area contributed by atoms with E-state index in [1.807, 2.05) is 0 Å². The van der Waals surface area contributed by atoms with Crippen LogP contribution in [-0.4, -0.2) is 16.8 Å². The molecule has 0 saturated heterocycles. The number of aryl methyl sites for hydroxylation is 1. The zero-order valence-corrected chi connectivity index (χ0v) is 15.0. The summed E-state index contributed by atoms with van der Waals surface area (Å²) in [6.07, 6.45) is 0. The van der Waals surface area contributed by atoms with Crippen molar-refractivity contribution in [3.8, 4) is 0 Å². The van der Waals surface area contributed by atoms with Crippen LogP contribution in [0.25, 0.3) is 0 Å². The molecular formula is C20H20FNO4. The molecule has 136 valence electrons. The molecule has 1 aromatic carbocycles. The number of amides is 1. The Morgan fingerprint density at radius 2 is 1.92 bits per heavy atom. The summed E-state index contributed by atoms with van der Waals surface area (Å²) in [4.78, 5) is 26.9. The van der Waals surface area contributed by atoms with Gasteiger partial charge in [-0.2, -0.15) is 0 Å². The maximum absolute atomic E-state index is 13.7. The van der Waals surface area contributed by atoms with E-state index in [1.54, 1.807) is 45.9 Å². The Morgan fingerprint density at radius 1 is 1.23 bits per heavy atom. The first kappa shape index (κ1) is 17.9. The van der Waals surface area contributed by atoms with E-state index in [-0.39, 0.29) is 17.0 Å². The number of carbonyl (C=O) groups excluding carboxylic acids is 2. The Morgan fingerprint density at radius 3 is 2.46 bits per heavy atom. The van der Waals surface area contributed by atoms with Crippen LogP contribution in [0.4, 0.5) is 10.1 Å². The number of hydrogen-bond acceptors (Lipinski definition) is 4. The van der Waals surface area contributed by atoms with E-state index in [1.165, 1.54) is 23.1 Å². The molecule has 2 heterocycles. The zero-order chi connectivity index (χ0) is 19.2. The number of rotatable bonds is 3. The van der Waals surface area contributed by atoms with Gasteiger partial charge < -0.3 is 9.52 Å². The third-order valence-electron chi connectivity index (χ3n) is 4.25. The van der Waals surface area contributed by atoms with Gasteiger partial charge in [-0.25, -0.2) is 4.39 Å². The Balaban J connectivity index is 2.20. The first-order chi connectivity index (χ1) is 12.1. The van der Waals surface area contributed by atoms with Gasteiger partial charge in [-0.3, -0.25) is 14.5 Å². The summed E-state index contributed by atoms with van der Waals surface area (Å²) in [5.41, 5.74) is -0.625. The minimum atomic E-state index is -0.954. The van der Waals surface area contributed by atoms with E-state index < -0.39 is 28.9 Å². The highest BCUT2D eigenvalue weighted by atomic mass is 19.1. The number of furan rings is 1. The molecule has 5 nitrogen and oxygen atoms in total. The molecule has 0 saturated carbocycles. The molecule has 0 radical (unpaired) electrons. The summed E-state index contributed by atoms with van der Waals surface area (Å²) in [6, 6.07) is 7.84. The smallest absolute Gasteiger partial charge is 0.294 e. The highest BCUT2D eigenvalue weighted by Crippen LogP contribution is 2.43. The topological polar surface area (TPSA) is 70.8 Å². The van der Waals surface area contributed by atoms with Gasteiger partial charge in [0.25, 0.3) is 5.91 Å². The van der Waals surface area contributed by atoms with E-state index in [0.29, 0.717) is 11.5 Å². The monoisotopic (exact) mass is 357 g/mol. The number of nitrogens with zero attached hydrogens (tertiary/aromatic N) is 1. The summed E-state index contributed by atoms with van der Waals surface area (Å²) in [5.74, 6) is -1.37. The van der Waals surface area contributed by atoms with Crippen molar-refractivity contribution in [1.29, 1.82) is 0 Å². The van der Waals surface area contributed by atoms with Crippen LogP contribution in [0.2, 0.25) is 0 Å². The SMILES string of the molecule is Cc1ccc(C2C(C(=O)C(C)(C)C)=C(O)C(=O)N2c2cccc(F)c2)o1. The average molecular weight is 357 g/mol. The second-order valence-corrected chi connectivity index (χ2v) is 7.35. The van der Waals surface area contributed by atoms with Crippen LogP contribution in [0.3, 0.4) is 0 Å². The van der Waals surface area contributed by atoms with Crippen LogP contribution in [-0.2, 0) is 9.59 Å².